The van der Waals surface area contributed by atoms with Gasteiger partial charge in [0.1, 0.15) is 0 Å². The number of carbonyl (C=O) groups is 1. The molecular formula is C13H24N2O. The van der Waals surface area contributed by atoms with E-state index in [1.807, 2.05) is 4.90 Å². The van der Waals surface area contributed by atoms with Crippen LogP contribution in [-0.2, 0) is 4.79 Å². The van der Waals surface area contributed by atoms with E-state index in [1.54, 1.807) is 0 Å². The van der Waals surface area contributed by atoms with Crippen LogP contribution in [0.4, 0.5) is 0 Å². The molecule has 0 aromatic heterocycles. The van der Waals surface area contributed by atoms with Crippen molar-refractivity contribution >= 4 is 5.91 Å². The van der Waals surface area contributed by atoms with Crippen LogP contribution in [0.1, 0.15) is 26.7 Å². The lowest BCUT2D eigenvalue weighted by Crippen LogP contribution is -2.45. The lowest BCUT2D eigenvalue weighted by Gasteiger charge is -2.37. The Kier molecular flexibility index (Phi) is 5.00. The highest BCUT2D eigenvalue weighted by atomic mass is 16.2. The van der Waals surface area contributed by atoms with Gasteiger partial charge in [-0.3, -0.25) is 4.79 Å². The predicted molar refractivity (Wildman–Crippen MR) is 67.3 cm³/mol. The zero-order valence-electron chi connectivity index (χ0n) is 10.8. The third kappa shape index (κ3) is 3.63. The van der Waals surface area contributed by atoms with E-state index < -0.39 is 0 Å². The summed E-state index contributed by atoms with van der Waals surface area (Å²) in [5.74, 6) is 0.780. The summed E-state index contributed by atoms with van der Waals surface area (Å²) in [7, 11) is 2.19. The third-order valence-corrected chi connectivity index (χ3v) is 3.23. The Morgan fingerprint density at radius 1 is 1.50 bits per heavy atom. The Hall–Kier alpha value is -0.830. The number of piperidine rings is 1. The van der Waals surface area contributed by atoms with Crippen molar-refractivity contribution in [2.24, 2.45) is 5.92 Å². The molecule has 0 aromatic carbocycles. The number of hydrogen-bond acceptors (Lipinski definition) is 2. The number of nitrogens with zero attached hydrogens (tertiary/aromatic N) is 2. The Labute approximate surface area is 99.1 Å². The largest absolute Gasteiger partial charge is 0.339 e. The van der Waals surface area contributed by atoms with E-state index in [-0.39, 0.29) is 5.91 Å². The summed E-state index contributed by atoms with van der Waals surface area (Å²) in [6, 6.07) is 0.635. The molecule has 0 spiro atoms. The molecule has 16 heavy (non-hydrogen) atoms. The van der Waals surface area contributed by atoms with Gasteiger partial charge in [0.05, 0.1) is 0 Å². The fraction of sp³-hybridized carbons (Fsp3) is 0.769. The lowest BCUT2D eigenvalue weighted by atomic mass is 10.0. The fourth-order valence-corrected chi connectivity index (χ4v) is 2.38. The number of carbonyl (C=O) groups excluding carboxylic acids is 1. The van der Waals surface area contributed by atoms with Crippen LogP contribution in [0.3, 0.4) is 0 Å². The minimum atomic E-state index is 0.0740. The van der Waals surface area contributed by atoms with Crippen molar-refractivity contribution in [3.8, 4) is 0 Å². The second kappa shape index (κ2) is 6.04. The third-order valence-electron chi connectivity index (χ3n) is 3.23. The molecule has 0 aliphatic carbocycles. The van der Waals surface area contributed by atoms with Gasteiger partial charge in [0, 0.05) is 25.7 Å². The van der Waals surface area contributed by atoms with E-state index in [2.05, 4.69) is 32.4 Å². The molecule has 0 N–H and O–H groups in total. The van der Waals surface area contributed by atoms with Gasteiger partial charge in [-0.1, -0.05) is 20.4 Å². The summed E-state index contributed by atoms with van der Waals surface area (Å²) in [6.07, 6.45) is 3.59. The molecule has 1 heterocycles. The minimum Gasteiger partial charge on any atom is -0.339 e. The van der Waals surface area contributed by atoms with Crippen LogP contribution >= 0.6 is 0 Å². The van der Waals surface area contributed by atoms with E-state index >= 15 is 0 Å². The molecule has 0 bridgehead atoms. The van der Waals surface area contributed by atoms with Crippen LogP contribution in [0.2, 0.25) is 0 Å². The van der Waals surface area contributed by atoms with Crippen molar-refractivity contribution in [2.75, 3.05) is 26.7 Å². The second-order valence-electron chi connectivity index (χ2n) is 5.09. The van der Waals surface area contributed by atoms with Crippen LogP contribution in [-0.4, -0.2) is 48.4 Å². The number of rotatable bonds is 4. The number of amides is 1. The van der Waals surface area contributed by atoms with Crippen LogP contribution in [0.15, 0.2) is 12.7 Å². The monoisotopic (exact) mass is 224 g/mol. The van der Waals surface area contributed by atoms with Crippen LogP contribution in [0.5, 0.6) is 0 Å². The highest BCUT2D eigenvalue weighted by Crippen LogP contribution is 2.16. The van der Waals surface area contributed by atoms with Gasteiger partial charge >= 0.3 is 0 Å². The van der Waals surface area contributed by atoms with Gasteiger partial charge in [-0.15, -0.1) is 0 Å². The smallest absolute Gasteiger partial charge is 0.245 e. The van der Waals surface area contributed by atoms with Crippen LogP contribution in [0, 0.1) is 5.92 Å². The van der Waals surface area contributed by atoms with Crippen LogP contribution in [0.25, 0.3) is 0 Å². The van der Waals surface area contributed by atoms with Crippen molar-refractivity contribution in [3.05, 3.63) is 12.7 Å². The minimum absolute atomic E-state index is 0.0740. The van der Waals surface area contributed by atoms with Gasteiger partial charge in [-0.25, -0.2) is 0 Å². The molecule has 0 aromatic rings. The molecule has 92 valence electrons. The molecule has 1 amide bonds. The van der Waals surface area contributed by atoms with Crippen molar-refractivity contribution in [2.45, 2.75) is 32.7 Å². The summed E-state index contributed by atoms with van der Waals surface area (Å²) in [5.41, 5.74) is 0. The Bertz CT molecular complexity index is 242. The topological polar surface area (TPSA) is 23.6 Å². The average molecular weight is 224 g/mol. The summed E-state index contributed by atoms with van der Waals surface area (Å²) >= 11 is 0. The van der Waals surface area contributed by atoms with Crippen molar-refractivity contribution in [1.82, 2.24) is 9.80 Å². The van der Waals surface area contributed by atoms with E-state index in [0.717, 1.165) is 32.5 Å². The molecule has 0 radical (unpaired) electrons. The molecule has 3 nitrogen and oxygen atoms in total. The van der Waals surface area contributed by atoms with Crippen molar-refractivity contribution in [3.63, 3.8) is 0 Å². The molecule has 1 aliphatic rings. The molecule has 1 rings (SSSR count). The standard InChI is InChI=1S/C13H24N2O/c1-5-13(16)15-8-6-12(7-9-15)14(4)10-11(2)3/h5,11-12H,1,6-10H2,2-4H3. The first-order chi connectivity index (χ1) is 7.54. The van der Waals surface area contributed by atoms with Gasteiger partial charge in [-0.05, 0) is 31.9 Å². The van der Waals surface area contributed by atoms with E-state index in [0.29, 0.717) is 12.0 Å². The summed E-state index contributed by atoms with van der Waals surface area (Å²) < 4.78 is 0. The first kappa shape index (κ1) is 13.2. The molecule has 0 unspecified atom stereocenters. The lowest BCUT2D eigenvalue weighted by molar-refractivity contribution is -0.127. The number of likely N-dealkylation sites (tertiary alicyclic amines) is 1. The first-order valence-electron chi connectivity index (χ1n) is 6.16. The second-order valence-corrected chi connectivity index (χ2v) is 5.09. The quantitative estimate of drug-likeness (QED) is 0.679. The fourth-order valence-electron chi connectivity index (χ4n) is 2.38. The highest BCUT2D eigenvalue weighted by molar-refractivity contribution is 5.87. The molecule has 0 saturated carbocycles. The zero-order chi connectivity index (χ0) is 12.1. The van der Waals surface area contributed by atoms with Gasteiger partial charge in [-0.2, -0.15) is 0 Å². The van der Waals surface area contributed by atoms with Crippen LogP contribution < -0.4 is 0 Å². The Morgan fingerprint density at radius 3 is 2.50 bits per heavy atom. The zero-order valence-corrected chi connectivity index (χ0v) is 10.8. The Balaban J connectivity index is 2.36. The molecule has 1 fully saturated rings. The first-order valence-corrected chi connectivity index (χ1v) is 6.16. The summed E-state index contributed by atoms with van der Waals surface area (Å²) in [5, 5.41) is 0. The van der Waals surface area contributed by atoms with Gasteiger partial charge in [0.25, 0.3) is 0 Å². The maximum atomic E-state index is 11.4. The molecular weight excluding hydrogens is 200 g/mol. The Morgan fingerprint density at radius 2 is 2.06 bits per heavy atom. The number of hydrogen-bond donors (Lipinski definition) is 0. The van der Waals surface area contributed by atoms with E-state index in [9.17, 15) is 4.79 Å². The molecule has 1 saturated heterocycles. The van der Waals surface area contributed by atoms with E-state index in [1.165, 1.54) is 6.08 Å². The predicted octanol–water partition coefficient (Wildman–Crippen LogP) is 1.75. The average Bonchev–Trinajstić information content (AvgIpc) is 2.27. The summed E-state index contributed by atoms with van der Waals surface area (Å²) in [4.78, 5) is 15.7. The summed E-state index contributed by atoms with van der Waals surface area (Å²) in [6.45, 7) is 10.9. The van der Waals surface area contributed by atoms with E-state index in [4.69, 9.17) is 0 Å². The van der Waals surface area contributed by atoms with Gasteiger partial charge in [0.2, 0.25) is 5.91 Å². The van der Waals surface area contributed by atoms with Gasteiger partial charge in [0.15, 0.2) is 0 Å². The van der Waals surface area contributed by atoms with Gasteiger partial charge < -0.3 is 9.80 Å². The van der Waals surface area contributed by atoms with Crippen molar-refractivity contribution in [1.29, 1.82) is 0 Å². The maximum absolute atomic E-state index is 11.4. The normalized spacial score (nSPS) is 18.2. The molecule has 3 heteroatoms. The molecule has 0 atom stereocenters. The molecule has 1 aliphatic heterocycles. The van der Waals surface area contributed by atoms with Crippen molar-refractivity contribution < 1.29 is 4.79 Å². The maximum Gasteiger partial charge on any atom is 0.245 e. The SMILES string of the molecule is C=CC(=O)N1CCC(N(C)CC(C)C)CC1. The highest BCUT2D eigenvalue weighted by Gasteiger charge is 2.24.